The molecule has 1 aromatic rings. The Morgan fingerprint density at radius 2 is 2.00 bits per heavy atom. The predicted molar refractivity (Wildman–Crippen MR) is 71.2 cm³/mol. The molecule has 1 aromatic carbocycles. The van der Waals surface area contributed by atoms with Gasteiger partial charge < -0.3 is 10.5 Å². The molecule has 0 saturated carbocycles. The van der Waals surface area contributed by atoms with E-state index < -0.39 is 15.6 Å². The fraction of sp³-hybridized carbons (Fsp3) is 0.500. The van der Waals surface area contributed by atoms with E-state index in [4.69, 9.17) is 10.5 Å². The molecule has 0 unspecified atom stereocenters. The van der Waals surface area contributed by atoms with Crippen molar-refractivity contribution in [1.82, 2.24) is 4.72 Å². The van der Waals surface area contributed by atoms with Crippen LogP contribution < -0.4 is 15.2 Å². The van der Waals surface area contributed by atoms with Gasteiger partial charge in [-0.2, -0.15) is 0 Å². The van der Waals surface area contributed by atoms with Crippen LogP contribution in [0.2, 0.25) is 0 Å². The molecule has 0 aliphatic rings. The second kappa shape index (κ2) is 5.26. The number of nitrogens with two attached hydrogens (primary N) is 1. The molecule has 0 fully saturated rings. The van der Waals surface area contributed by atoms with Crippen molar-refractivity contribution in [3.63, 3.8) is 0 Å². The lowest BCUT2D eigenvalue weighted by Gasteiger charge is -2.24. The number of sulfonamides is 1. The summed E-state index contributed by atoms with van der Waals surface area (Å²) in [5.74, 6) is 0.659. The molecule has 6 heteroatoms. The summed E-state index contributed by atoms with van der Waals surface area (Å²) >= 11 is 0. The standard InChI is InChI=1S/C12H20N2O3S/c1-9-7-10(5-6-11(9)17-4)18(15,16)14-12(2,3)8-13/h5-7,14H,8,13H2,1-4H3. The zero-order valence-electron chi connectivity index (χ0n) is 11.1. The summed E-state index contributed by atoms with van der Waals surface area (Å²) in [4.78, 5) is 0.210. The first-order valence-electron chi connectivity index (χ1n) is 5.60. The van der Waals surface area contributed by atoms with Crippen LogP contribution in [0, 0.1) is 6.92 Å². The number of aryl methyl sites for hydroxylation is 1. The Balaban J connectivity index is 3.10. The number of methoxy groups -OCH3 is 1. The smallest absolute Gasteiger partial charge is 0.241 e. The normalized spacial score (nSPS) is 12.5. The zero-order chi connectivity index (χ0) is 14.0. The minimum absolute atomic E-state index is 0.210. The van der Waals surface area contributed by atoms with Gasteiger partial charge in [0.05, 0.1) is 12.0 Å². The van der Waals surface area contributed by atoms with Gasteiger partial charge in [0.2, 0.25) is 10.0 Å². The maximum Gasteiger partial charge on any atom is 0.241 e. The van der Waals surface area contributed by atoms with Crippen LogP contribution in [0.5, 0.6) is 5.75 Å². The van der Waals surface area contributed by atoms with Crippen LogP contribution in [0.3, 0.4) is 0 Å². The second-order valence-electron chi connectivity index (χ2n) is 4.82. The quantitative estimate of drug-likeness (QED) is 0.838. The maximum atomic E-state index is 12.2. The van der Waals surface area contributed by atoms with Crippen LogP contribution in [0.1, 0.15) is 19.4 Å². The lowest BCUT2D eigenvalue weighted by molar-refractivity contribution is 0.411. The molecule has 0 amide bonds. The summed E-state index contributed by atoms with van der Waals surface area (Å²) in [5, 5.41) is 0. The van der Waals surface area contributed by atoms with Crippen LogP contribution in [0.25, 0.3) is 0 Å². The summed E-state index contributed by atoms with van der Waals surface area (Å²) in [6.07, 6.45) is 0. The Morgan fingerprint density at radius 3 is 2.44 bits per heavy atom. The monoisotopic (exact) mass is 272 g/mol. The highest BCUT2D eigenvalue weighted by Gasteiger charge is 2.25. The molecule has 0 aliphatic heterocycles. The van der Waals surface area contributed by atoms with Gasteiger partial charge in [0.25, 0.3) is 0 Å². The first kappa shape index (κ1) is 14.9. The topological polar surface area (TPSA) is 81.4 Å². The van der Waals surface area contributed by atoms with E-state index in [1.807, 2.05) is 0 Å². The molecule has 0 aromatic heterocycles. The molecule has 0 saturated heterocycles. The molecule has 5 nitrogen and oxygen atoms in total. The molecule has 18 heavy (non-hydrogen) atoms. The number of hydrogen-bond acceptors (Lipinski definition) is 4. The van der Waals surface area contributed by atoms with Gasteiger partial charge in [0.1, 0.15) is 5.75 Å². The minimum Gasteiger partial charge on any atom is -0.496 e. The van der Waals surface area contributed by atoms with Crippen molar-refractivity contribution in [1.29, 1.82) is 0 Å². The lowest BCUT2D eigenvalue weighted by atomic mass is 10.1. The van der Waals surface area contributed by atoms with Crippen LogP contribution in [0.4, 0.5) is 0 Å². The average Bonchev–Trinajstić information content (AvgIpc) is 2.27. The Labute approximate surface area is 108 Å². The van der Waals surface area contributed by atoms with Crippen LogP contribution in [-0.2, 0) is 10.0 Å². The Kier molecular flexibility index (Phi) is 4.37. The largest absolute Gasteiger partial charge is 0.496 e. The summed E-state index contributed by atoms with van der Waals surface area (Å²) in [6.45, 7) is 5.50. The first-order chi connectivity index (χ1) is 8.22. The van der Waals surface area contributed by atoms with Gasteiger partial charge in [0, 0.05) is 12.1 Å². The van der Waals surface area contributed by atoms with E-state index in [2.05, 4.69) is 4.72 Å². The fourth-order valence-corrected chi connectivity index (χ4v) is 2.99. The summed E-state index contributed by atoms with van der Waals surface area (Å²) in [5.41, 5.74) is 5.62. The molecule has 0 heterocycles. The van der Waals surface area contributed by atoms with E-state index in [-0.39, 0.29) is 11.4 Å². The Bertz CT molecular complexity index is 524. The van der Waals surface area contributed by atoms with Gasteiger partial charge >= 0.3 is 0 Å². The van der Waals surface area contributed by atoms with E-state index in [1.165, 1.54) is 6.07 Å². The van der Waals surface area contributed by atoms with Crippen LogP contribution in [-0.4, -0.2) is 27.6 Å². The van der Waals surface area contributed by atoms with Crippen molar-refractivity contribution in [2.45, 2.75) is 31.2 Å². The molecular formula is C12H20N2O3S. The predicted octanol–water partition coefficient (Wildman–Crippen LogP) is 1.02. The molecule has 3 N–H and O–H groups in total. The molecule has 102 valence electrons. The van der Waals surface area contributed by atoms with E-state index >= 15 is 0 Å². The first-order valence-corrected chi connectivity index (χ1v) is 7.09. The summed E-state index contributed by atoms with van der Waals surface area (Å²) in [7, 11) is -2.02. The summed E-state index contributed by atoms with van der Waals surface area (Å²) in [6, 6.07) is 4.73. The van der Waals surface area contributed by atoms with Crippen molar-refractivity contribution in [2.75, 3.05) is 13.7 Å². The molecule has 0 radical (unpaired) electrons. The number of hydrogen-bond donors (Lipinski definition) is 2. The number of benzene rings is 1. The molecule has 0 spiro atoms. The van der Waals surface area contributed by atoms with Crippen molar-refractivity contribution < 1.29 is 13.2 Å². The third-order valence-corrected chi connectivity index (χ3v) is 4.29. The molecule has 0 atom stereocenters. The van der Waals surface area contributed by atoms with E-state index in [0.29, 0.717) is 5.75 Å². The highest BCUT2D eigenvalue weighted by atomic mass is 32.2. The maximum absolute atomic E-state index is 12.2. The third-order valence-electron chi connectivity index (χ3n) is 2.60. The number of nitrogens with one attached hydrogen (secondary N) is 1. The second-order valence-corrected chi connectivity index (χ2v) is 6.51. The molecular weight excluding hydrogens is 252 g/mol. The fourth-order valence-electron chi connectivity index (χ4n) is 1.48. The van der Waals surface area contributed by atoms with Crippen LogP contribution >= 0.6 is 0 Å². The van der Waals surface area contributed by atoms with Crippen molar-refractivity contribution in [3.8, 4) is 5.75 Å². The van der Waals surface area contributed by atoms with Crippen molar-refractivity contribution in [3.05, 3.63) is 23.8 Å². The number of rotatable bonds is 5. The van der Waals surface area contributed by atoms with Crippen molar-refractivity contribution in [2.24, 2.45) is 5.73 Å². The Hall–Kier alpha value is -1.11. The van der Waals surface area contributed by atoms with Gasteiger partial charge in [-0.15, -0.1) is 0 Å². The Morgan fingerprint density at radius 1 is 1.39 bits per heavy atom. The SMILES string of the molecule is COc1ccc(S(=O)(=O)NC(C)(C)CN)cc1C. The number of ether oxygens (including phenoxy) is 1. The average molecular weight is 272 g/mol. The van der Waals surface area contributed by atoms with E-state index in [0.717, 1.165) is 5.56 Å². The minimum atomic E-state index is -3.56. The van der Waals surface area contributed by atoms with Gasteiger partial charge in [-0.25, -0.2) is 13.1 Å². The molecule has 0 aliphatic carbocycles. The van der Waals surface area contributed by atoms with E-state index in [1.54, 1.807) is 40.0 Å². The molecule has 1 rings (SSSR count). The highest BCUT2D eigenvalue weighted by Crippen LogP contribution is 2.22. The van der Waals surface area contributed by atoms with Crippen molar-refractivity contribution >= 4 is 10.0 Å². The van der Waals surface area contributed by atoms with Gasteiger partial charge in [-0.3, -0.25) is 0 Å². The highest BCUT2D eigenvalue weighted by molar-refractivity contribution is 7.89. The van der Waals surface area contributed by atoms with Gasteiger partial charge in [-0.05, 0) is 44.5 Å². The van der Waals surface area contributed by atoms with E-state index in [9.17, 15) is 8.42 Å². The van der Waals surface area contributed by atoms with Gasteiger partial charge in [0.15, 0.2) is 0 Å². The summed E-state index contributed by atoms with van der Waals surface area (Å²) < 4.78 is 32.0. The van der Waals surface area contributed by atoms with Crippen LogP contribution in [0.15, 0.2) is 23.1 Å². The molecule has 0 bridgehead atoms. The third kappa shape index (κ3) is 3.44. The zero-order valence-corrected chi connectivity index (χ0v) is 12.0. The van der Waals surface area contributed by atoms with Gasteiger partial charge in [-0.1, -0.05) is 0 Å². The lowest BCUT2D eigenvalue weighted by Crippen LogP contribution is -2.48.